The lowest BCUT2D eigenvalue weighted by Gasteiger charge is -2.63. The summed E-state index contributed by atoms with van der Waals surface area (Å²) in [5.74, 6) is 0. The van der Waals surface area contributed by atoms with Crippen LogP contribution in [0.25, 0.3) is 0 Å². The molecule has 1 atom stereocenters. The van der Waals surface area contributed by atoms with Gasteiger partial charge in [0.15, 0.2) is 0 Å². The van der Waals surface area contributed by atoms with Crippen LogP contribution in [0.3, 0.4) is 0 Å². The Labute approximate surface area is 114 Å². The molecule has 2 fully saturated rings. The summed E-state index contributed by atoms with van der Waals surface area (Å²) in [6, 6.07) is 2.20. The van der Waals surface area contributed by atoms with Crippen LogP contribution in [0.2, 0.25) is 0 Å². The van der Waals surface area contributed by atoms with Gasteiger partial charge >= 0.3 is 6.09 Å². The molecule has 1 aliphatic carbocycles. The Morgan fingerprint density at radius 3 is 2.47 bits per heavy atom. The van der Waals surface area contributed by atoms with Gasteiger partial charge in [0.25, 0.3) is 0 Å². The SMILES string of the molecule is CC(C)(C)C1N(C(=O)O)CC12CCC(=CC#N)CC2. The quantitative estimate of drug-likeness (QED) is 0.680. The molecule has 0 aromatic heterocycles. The van der Waals surface area contributed by atoms with Gasteiger partial charge in [0.05, 0.1) is 6.07 Å². The molecule has 1 spiro atoms. The van der Waals surface area contributed by atoms with Crippen molar-refractivity contribution in [3.63, 3.8) is 0 Å². The van der Waals surface area contributed by atoms with Crippen LogP contribution in [0.1, 0.15) is 46.5 Å². The van der Waals surface area contributed by atoms with E-state index < -0.39 is 6.09 Å². The summed E-state index contributed by atoms with van der Waals surface area (Å²) in [7, 11) is 0. The molecule has 1 amide bonds. The molecule has 1 saturated heterocycles. The third-order valence-electron chi connectivity index (χ3n) is 4.60. The van der Waals surface area contributed by atoms with Crippen molar-refractivity contribution in [1.82, 2.24) is 4.90 Å². The van der Waals surface area contributed by atoms with E-state index in [4.69, 9.17) is 5.26 Å². The molecule has 0 bridgehead atoms. The maximum Gasteiger partial charge on any atom is 0.407 e. The van der Waals surface area contributed by atoms with Gasteiger partial charge < -0.3 is 10.0 Å². The highest BCUT2D eigenvalue weighted by Crippen LogP contribution is 2.55. The number of hydrogen-bond donors (Lipinski definition) is 1. The average molecular weight is 262 g/mol. The van der Waals surface area contributed by atoms with Gasteiger partial charge in [-0.05, 0) is 31.1 Å². The van der Waals surface area contributed by atoms with Gasteiger partial charge in [-0.25, -0.2) is 4.79 Å². The van der Waals surface area contributed by atoms with Crippen LogP contribution in [-0.4, -0.2) is 28.7 Å². The molecule has 1 heterocycles. The van der Waals surface area contributed by atoms with E-state index >= 15 is 0 Å². The maximum atomic E-state index is 11.3. The Bertz CT molecular complexity index is 444. The molecule has 2 rings (SSSR count). The first kappa shape index (κ1) is 13.9. The average Bonchev–Trinajstić information content (AvgIpc) is 2.25. The van der Waals surface area contributed by atoms with Gasteiger partial charge in [-0.3, -0.25) is 0 Å². The summed E-state index contributed by atoms with van der Waals surface area (Å²) < 4.78 is 0. The number of carbonyl (C=O) groups is 1. The van der Waals surface area contributed by atoms with Crippen molar-refractivity contribution in [1.29, 1.82) is 5.26 Å². The molecule has 1 aliphatic heterocycles. The number of carboxylic acid groups (broad SMARTS) is 1. The third-order valence-corrected chi connectivity index (χ3v) is 4.60. The standard InChI is InChI=1S/C15H22N2O2/c1-14(2,3)12-15(10-17(12)13(18)19)7-4-11(5-8-15)6-9-16/h6,12H,4-5,7-8,10H2,1-3H3,(H,18,19). The largest absolute Gasteiger partial charge is 0.465 e. The number of likely N-dealkylation sites (tertiary alicyclic amines) is 1. The minimum absolute atomic E-state index is 0.0346. The molecule has 1 unspecified atom stereocenters. The number of nitriles is 1. The number of hydrogen-bond acceptors (Lipinski definition) is 2. The van der Waals surface area contributed by atoms with Crippen molar-refractivity contribution in [3.8, 4) is 6.07 Å². The van der Waals surface area contributed by atoms with Crippen LogP contribution in [0, 0.1) is 22.2 Å². The summed E-state index contributed by atoms with van der Waals surface area (Å²) in [5.41, 5.74) is 1.31. The fourth-order valence-electron chi connectivity index (χ4n) is 4.04. The summed E-state index contributed by atoms with van der Waals surface area (Å²) in [6.45, 7) is 7.02. The molecular weight excluding hydrogens is 240 g/mol. The lowest BCUT2D eigenvalue weighted by atomic mass is 9.55. The van der Waals surface area contributed by atoms with Crippen LogP contribution in [0.15, 0.2) is 11.6 Å². The summed E-state index contributed by atoms with van der Waals surface area (Å²) in [6.07, 6.45) is 4.75. The van der Waals surface area contributed by atoms with Crippen molar-refractivity contribution >= 4 is 6.09 Å². The highest BCUT2D eigenvalue weighted by atomic mass is 16.4. The van der Waals surface area contributed by atoms with Gasteiger partial charge in [-0.15, -0.1) is 0 Å². The predicted octanol–water partition coefficient (Wildman–Crippen LogP) is 3.41. The van der Waals surface area contributed by atoms with Gasteiger partial charge in [0.1, 0.15) is 0 Å². The van der Waals surface area contributed by atoms with E-state index in [2.05, 4.69) is 26.8 Å². The van der Waals surface area contributed by atoms with E-state index in [9.17, 15) is 9.90 Å². The first-order valence-corrected chi connectivity index (χ1v) is 6.87. The lowest BCUT2D eigenvalue weighted by Crippen LogP contribution is -2.70. The number of nitrogens with zero attached hydrogens (tertiary/aromatic N) is 2. The monoisotopic (exact) mass is 262 g/mol. The van der Waals surface area contributed by atoms with E-state index in [0.717, 1.165) is 25.7 Å². The molecule has 1 saturated carbocycles. The summed E-state index contributed by atoms with van der Waals surface area (Å²) >= 11 is 0. The molecule has 0 aromatic carbocycles. The van der Waals surface area contributed by atoms with Gasteiger partial charge in [0.2, 0.25) is 0 Å². The zero-order valence-corrected chi connectivity index (χ0v) is 11.9. The van der Waals surface area contributed by atoms with Crippen molar-refractivity contribution < 1.29 is 9.90 Å². The second-order valence-electron chi connectivity index (χ2n) is 6.97. The smallest absolute Gasteiger partial charge is 0.407 e. The highest BCUT2D eigenvalue weighted by Gasteiger charge is 2.58. The van der Waals surface area contributed by atoms with E-state index in [1.54, 1.807) is 11.0 Å². The zero-order valence-electron chi connectivity index (χ0n) is 11.9. The molecule has 4 heteroatoms. The van der Waals surface area contributed by atoms with Crippen LogP contribution < -0.4 is 0 Å². The van der Waals surface area contributed by atoms with Crippen molar-refractivity contribution in [2.24, 2.45) is 10.8 Å². The van der Waals surface area contributed by atoms with E-state index in [-0.39, 0.29) is 16.9 Å². The van der Waals surface area contributed by atoms with Crippen LogP contribution in [-0.2, 0) is 0 Å². The first-order chi connectivity index (χ1) is 8.80. The maximum absolute atomic E-state index is 11.3. The molecule has 0 radical (unpaired) electrons. The van der Waals surface area contributed by atoms with Crippen molar-refractivity contribution in [2.45, 2.75) is 52.5 Å². The summed E-state index contributed by atoms with van der Waals surface area (Å²) in [5, 5.41) is 18.0. The molecule has 19 heavy (non-hydrogen) atoms. The topological polar surface area (TPSA) is 64.3 Å². The third kappa shape index (κ3) is 2.34. The lowest BCUT2D eigenvalue weighted by molar-refractivity contribution is -0.120. The van der Waals surface area contributed by atoms with Gasteiger partial charge in [0, 0.05) is 24.1 Å². The Balaban J connectivity index is 2.16. The second kappa shape index (κ2) is 4.56. The van der Waals surface area contributed by atoms with E-state index in [1.165, 1.54) is 5.57 Å². The molecule has 1 N–H and O–H groups in total. The van der Waals surface area contributed by atoms with Crippen molar-refractivity contribution in [2.75, 3.05) is 6.54 Å². The fourth-order valence-corrected chi connectivity index (χ4v) is 4.04. The fraction of sp³-hybridized carbons (Fsp3) is 0.733. The second-order valence-corrected chi connectivity index (χ2v) is 6.97. The van der Waals surface area contributed by atoms with Crippen LogP contribution >= 0.6 is 0 Å². The summed E-state index contributed by atoms with van der Waals surface area (Å²) in [4.78, 5) is 12.9. The molecule has 104 valence electrons. The van der Waals surface area contributed by atoms with Crippen molar-refractivity contribution in [3.05, 3.63) is 11.6 Å². The molecular formula is C15H22N2O2. The normalized spacial score (nSPS) is 30.7. The van der Waals surface area contributed by atoms with E-state index in [1.807, 2.05) is 0 Å². The Morgan fingerprint density at radius 1 is 1.47 bits per heavy atom. The molecule has 0 aromatic rings. The zero-order chi connectivity index (χ0) is 14.3. The molecule has 4 nitrogen and oxygen atoms in total. The predicted molar refractivity (Wildman–Crippen MR) is 72.6 cm³/mol. The highest BCUT2D eigenvalue weighted by molar-refractivity contribution is 5.67. The van der Waals surface area contributed by atoms with Gasteiger partial charge in [-0.1, -0.05) is 26.3 Å². The van der Waals surface area contributed by atoms with E-state index in [0.29, 0.717) is 6.54 Å². The first-order valence-electron chi connectivity index (χ1n) is 6.87. The van der Waals surface area contributed by atoms with Crippen LogP contribution in [0.4, 0.5) is 4.79 Å². The Hall–Kier alpha value is -1.50. The Kier molecular flexibility index (Phi) is 3.34. The minimum atomic E-state index is -0.802. The van der Waals surface area contributed by atoms with Gasteiger partial charge in [-0.2, -0.15) is 5.26 Å². The minimum Gasteiger partial charge on any atom is -0.465 e. The number of rotatable bonds is 0. The Morgan fingerprint density at radius 2 is 2.05 bits per heavy atom. The number of amides is 1. The molecule has 2 aliphatic rings. The van der Waals surface area contributed by atoms with Crippen LogP contribution in [0.5, 0.6) is 0 Å². The number of allylic oxidation sites excluding steroid dienone is 2.